The summed E-state index contributed by atoms with van der Waals surface area (Å²) >= 11 is 5.68. The first-order valence-electron chi connectivity index (χ1n) is 12.3. The van der Waals surface area contributed by atoms with Crippen molar-refractivity contribution in [1.29, 1.82) is 0 Å². The fraction of sp³-hybridized carbons (Fsp3) is 0.0625. The second-order valence-corrected chi connectivity index (χ2v) is 11.0. The number of carbonyl (C=O) groups is 1. The highest BCUT2D eigenvalue weighted by molar-refractivity contribution is 14.1. The minimum absolute atomic E-state index is 0.269. The van der Waals surface area contributed by atoms with Crippen LogP contribution in [0.2, 0.25) is 0 Å². The highest BCUT2D eigenvalue weighted by Crippen LogP contribution is 2.27. The lowest BCUT2D eigenvalue weighted by Crippen LogP contribution is -2.17. The molecule has 0 spiro atoms. The van der Waals surface area contributed by atoms with Gasteiger partial charge in [0.25, 0.3) is 5.91 Å². The number of ether oxygens (including phenoxy) is 1. The molecule has 0 radical (unpaired) electrons. The molecule has 194 valence electrons. The lowest BCUT2D eigenvalue weighted by Gasteiger charge is -2.12. The van der Waals surface area contributed by atoms with Crippen LogP contribution >= 0.6 is 38.5 Å². The lowest BCUT2D eigenvalue weighted by atomic mass is 10.1. The molecule has 0 saturated heterocycles. The van der Waals surface area contributed by atoms with Gasteiger partial charge in [-0.15, -0.1) is 0 Å². The summed E-state index contributed by atoms with van der Waals surface area (Å²) in [4.78, 5) is 12.7. The number of hydrazone groups is 1. The Balaban J connectivity index is 1.20. The van der Waals surface area contributed by atoms with Crippen LogP contribution in [-0.2, 0) is 6.61 Å². The van der Waals surface area contributed by atoms with Gasteiger partial charge in [0.1, 0.15) is 12.4 Å². The van der Waals surface area contributed by atoms with E-state index in [0.717, 1.165) is 47.6 Å². The van der Waals surface area contributed by atoms with Gasteiger partial charge in [0, 0.05) is 21.4 Å². The maximum Gasteiger partial charge on any atom is 0.271 e. The number of hydrogen-bond acceptors (Lipinski definition) is 3. The molecule has 1 aromatic heterocycles. The Hall–Kier alpha value is -3.69. The fourth-order valence-corrected chi connectivity index (χ4v) is 5.12. The van der Waals surface area contributed by atoms with Crippen molar-refractivity contribution >= 4 is 50.6 Å². The fourth-order valence-electron chi connectivity index (χ4n) is 4.16. The highest BCUT2D eigenvalue weighted by atomic mass is 127. The summed E-state index contributed by atoms with van der Waals surface area (Å²) in [6.45, 7) is 2.56. The first-order valence-corrected chi connectivity index (χ1v) is 14.2. The van der Waals surface area contributed by atoms with Crippen molar-refractivity contribution in [2.24, 2.45) is 5.10 Å². The Morgan fingerprint density at radius 3 is 2.41 bits per heavy atom. The van der Waals surface area contributed by atoms with Crippen molar-refractivity contribution in [2.75, 3.05) is 0 Å². The van der Waals surface area contributed by atoms with E-state index in [0.29, 0.717) is 12.2 Å². The lowest BCUT2D eigenvalue weighted by molar-refractivity contribution is 0.0955. The van der Waals surface area contributed by atoms with Crippen LogP contribution < -0.4 is 10.2 Å². The SMILES string of the molecule is Cc1ccc(-c2ccccc2)n1-c1ccc(C(=O)N/N=C/c2ccc(OCc3ccc(Br)cc3)c(I)c2)cc1. The van der Waals surface area contributed by atoms with Gasteiger partial charge in [0.2, 0.25) is 0 Å². The molecule has 0 aliphatic rings. The van der Waals surface area contributed by atoms with Crippen molar-refractivity contribution in [2.45, 2.75) is 13.5 Å². The monoisotopic (exact) mass is 689 g/mol. The number of hydrogen-bond donors (Lipinski definition) is 1. The molecule has 5 aromatic rings. The van der Waals surface area contributed by atoms with Gasteiger partial charge in [0.15, 0.2) is 0 Å². The summed E-state index contributed by atoms with van der Waals surface area (Å²) in [6.07, 6.45) is 1.63. The van der Waals surface area contributed by atoms with Gasteiger partial charge in [-0.2, -0.15) is 5.10 Å². The van der Waals surface area contributed by atoms with Crippen LogP contribution in [0.25, 0.3) is 16.9 Å². The molecule has 5 nitrogen and oxygen atoms in total. The summed E-state index contributed by atoms with van der Waals surface area (Å²) in [5.41, 5.74) is 9.47. The maximum atomic E-state index is 12.7. The topological polar surface area (TPSA) is 55.6 Å². The highest BCUT2D eigenvalue weighted by Gasteiger charge is 2.11. The minimum atomic E-state index is -0.269. The second-order valence-electron chi connectivity index (χ2n) is 8.91. The number of nitrogens with zero attached hydrogens (tertiary/aromatic N) is 2. The van der Waals surface area contributed by atoms with Crippen LogP contribution in [0.15, 0.2) is 119 Å². The van der Waals surface area contributed by atoms with Crippen molar-refractivity contribution in [3.05, 3.63) is 140 Å². The van der Waals surface area contributed by atoms with E-state index < -0.39 is 0 Å². The van der Waals surface area contributed by atoms with E-state index in [1.54, 1.807) is 6.21 Å². The number of benzene rings is 4. The molecule has 0 unspecified atom stereocenters. The molecule has 0 atom stereocenters. The van der Waals surface area contributed by atoms with E-state index in [9.17, 15) is 4.79 Å². The van der Waals surface area contributed by atoms with Gasteiger partial charge in [-0.3, -0.25) is 4.79 Å². The van der Waals surface area contributed by atoms with E-state index in [-0.39, 0.29) is 5.91 Å². The maximum absolute atomic E-state index is 12.7. The van der Waals surface area contributed by atoms with Gasteiger partial charge < -0.3 is 9.30 Å². The standard InChI is InChI=1S/C32H25BrIN3O2/c1-22-7-17-30(25-5-3-2-4-6-25)37(22)28-15-11-26(12-16-28)32(38)36-35-20-24-10-18-31(29(34)19-24)39-21-23-8-13-27(33)14-9-23/h2-20H,21H2,1H3,(H,36,38)/b35-20+. The third-order valence-electron chi connectivity index (χ3n) is 6.18. The summed E-state index contributed by atoms with van der Waals surface area (Å²) in [6, 6.07) is 35.8. The van der Waals surface area contributed by atoms with E-state index >= 15 is 0 Å². The number of halogens is 2. The molecular formula is C32H25BrIN3O2. The predicted octanol–water partition coefficient (Wildman–Crippen LogP) is 8.16. The first-order chi connectivity index (χ1) is 19.0. The molecule has 1 heterocycles. The first kappa shape index (κ1) is 26.9. The van der Waals surface area contributed by atoms with Crippen LogP contribution in [0, 0.1) is 10.5 Å². The molecule has 0 fully saturated rings. The molecule has 4 aromatic carbocycles. The predicted molar refractivity (Wildman–Crippen MR) is 169 cm³/mol. The van der Waals surface area contributed by atoms with Crippen LogP contribution in [0.5, 0.6) is 5.75 Å². The molecule has 39 heavy (non-hydrogen) atoms. The molecule has 1 N–H and O–H groups in total. The average Bonchev–Trinajstić information content (AvgIpc) is 3.35. The van der Waals surface area contributed by atoms with E-state index in [1.807, 2.05) is 84.9 Å². The van der Waals surface area contributed by atoms with Crippen LogP contribution in [0.3, 0.4) is 0 Å². The summed E-state index contributed by atoms with van der Waals surface area (Å²) in [5, 5.41) is 4.15. The number of carbonyl (C=O) groups excluding carboxylic acids is 1. The molecular weight excluding hydrogens is 665 g/mol. The van der Waals surface area contributed by atoms with Gasteiger partial charge in [-0.25, -0.2) is 5.43 Å². The van der Waals surface area contributed by atoms with Crippen molar-refractivity contribution in [3.63, 3.8) is 0 Å². The zero-order chi connectivity index (χ0) is 27.2. The average molecular weight is 690 g/mol. The summed E-state index contributed by atoms with van der Waals surface area (Å²) in [7, 11) is 0. The van der Waals surface area contributed by atoms with Gasteiger partial charge in [0.05, 0.1) is 15.5 Å². The van der Waals surface area contributed by atoms with Crippen molar-refractivity contribution in [1.82, 2.24) is 9.99 Å². The quantitative estimate of drug-likeness (QED) is 0.102. The molecule has 1 amide bonds. The number of rotatable bonds is 8. The Bertz CT molecular complexity index is 1610. The van der Waals surface area contributed by atoms with E-state index in [1.165, 1.54) is 0 Å². The largest absolute Gasteiger partial charge is 0.488 e. The molecule has 0 aliphatic carbocycles. The number of aryl methyl sites for hydroxylation is 1. The zero-order valence-electron chi connectivity index (χ0n) is 21.1. The Morgan fingerprint density at radius 2 is 1.69 bits per heavy atom. The zero-order valence-corrected chi connectivity index (χ0v) is 24.9. The molecule has 0 bridgehead atoms. The van der Waals surface area contributed by atoms with Gasteiger partial charge in [-0.1, -0.05) is 58.4 Å². The van der Waals surface area contributed by atoms with E-state index in [2.05, 4.69) is 84.8 Å². The van der Waals surface area contributed by atoms with Crippen LogP contribution in [-0.4, -0.2) is 16.7 Å². The van der Waals surface area contributed by atoms with Crippen LogP contribution in [0.1, 0.15) is 27.2 Å². The van der Waals surface area contributed by atoms with Crippen molar-refractivity contribution < 1.29 is 9.53 Å². The summed E-state index contributed by atoms with van der Waals surface area (Å²) in [5.74, 6) is 0.530. The van der Waals surface area contributed by atoms with Crippen LogP contribution in [0.4, 0.5) is 0 Å². The Kier molecular flexibility index (Phi) is 8.58. The molecule has 0 aliphatic heterocycles. The normalized spacial score (nSPS) is 11.1. The smallest absolute Gasteiger partial charge is 0.271 e. The third-order valence-corrected chi connectivity index (χ3v) is 7.55. The molecule has 7 heteroatoms. The number of nitrogens with one attached hydrogen (secondary N) is 1. The third kappa shape index (κ3) is 6.66. The Labute approximate surface area is 249 Å². The summed E-state index contributed by atoms with van der Waals surface area (Å²) < 4.78 is 10.1. The molecule has 5 rings (SSSR count). The number of amides is 1. The van der Waals surface area contributed by atoms with Gasteiger partial charge in [-0.05, 0) is 113 Å². The van der Waals surface area contributed by atoms with Gasteiger partial charge >= 0.3 is 0 Å². The van der Waals surface area contributed by atoms with E-state index in [4.69, 9.17) is 4.74 Å². The molecule has 0 saturated carbocycles. The Morgan fingerprint density at radius 1 is 0.949 bits per heavy atom. The van der Waals surface area contributed by atoms with Crippen molar-refractivity contribution in [3.8, 4) is 22.7 Å². The number of aromatic nitrogens is 1. The minimum Gasteiger partial charge on any atom is -0.488 e. The second kappa shape index (κ2) is 12.4.